The van der Waals surface area contributed by atoms with Crippen LogP contribution in [0.1, 0.15) is 5.56 Å². The molecule has 1 heterocycles. The number of nitrogens with zero attached hydrogens (tertiary/aromatic N) is 1. The van der Waals surface area contributed by atoms with E-state index < -0.39 is 9.73 Å². The summed E-state index contributed by atoms with van der Waals surface area (Å²) in [6.45, 7) is 0. The summed E-state index contributed by atoms with van der Waals surface area (Å²) in [5.74, 6) is 1.52. The Bertz CT molecular complexity index is 1080. The van der Waals surface area contributed by atoms with Crippen LogP contribution < -0.4 is 4.74 Å². The summed E-state index contributed by atoms with van der Waals surface area (Å²) in [6, 6.07) is 19.4. The van der Waals surface area contributed by atoms with Crippen LogP contribution in [0.4, 0.5) is 5.69 Å². The van der Waals surface area contributed by atoms with Crippen LogP contribution in [0.3, 0.4) is 0 Å². The normalized spacial score (nSPS) is 18.7. The topological polar surface area (TPSA) is 38.7 Å². The number of rotatable bonds is 5. The van der Waals surface area contributed by atoms with Crippen molar-refractivity contribution in [1.82, 2.24) is 0 Å². The third-order valence-electron chi connectivity index (χ3n) is 4.40. The molecule has 3 nitrogen and oxygen atoms in total. The number of hydrogen-bond acceptors (Lipinski definition) is 3. The van der Waals surface area contributed by atoms with Crippen LogP contribution in [-0.2, 0) is 15.5 Å². The fourth-order valence-corrected chi connectivity index (χ4v) is 5.91. The van der Waals surface area contributed by atoms with E-state index in [1.54, 1.807) is 0 Å². The summed E-state index contributed by atoms with van der Waals surface area (Å²) in [7, 11) is -2.61. The molecule has 3 aromatic carbocycles. The van der Waals surface area contributed by atoms with E-state index in [9.17, 15) is 4.21 Å². The highest BCUT2D eigenvalue weighted by Crippen LogP contribution is 2.43. The van der Waals surface area contributed by atoms with E-state index in [1.165, 1.54) is 0 Å². The van der Waals surface area contributed by atoms with E-state index in [4.69, 9.17) is 27.9 Å². The van der Waals surface area contributed by atoms with E-state index in [0.717, 1.165) is 21.2 Å². The molecule has 1 atom stereocenters. The van der Waals surface area contributed by atoms with Gasteiger partial charge in [0.05, 0.1) is 32.1 Å². The van der Waals surface area contributed by atoms with Gasteiger partial charge < -0.3 is 4.74 Å². The number of ether oxygens (including phenoxy) is 1. The van der Waals surface area contributed by atoms with Gasteiger partial charge in [-0.05, 0) is 28.5 Å². The number of hydrogen-bond donors (Lipinski definition) is 0. The molecular formula is C20H17Cl2NO2S. The van der Waals surface area contributed by atoms with Gasteiger partial charge in [0.2, 0.25) is 0 Å². The van der Waals surface area contributed by atoms with Crippen LogP contribution in [0.25, 0.3) is 10.8 Å². The van der Waals surface area contributed by atoms with Crippen LogP contribution in [-0.4, -0.2) is 22.1 Å². The van der Waals surface area contributed by atoms with Crippen molar-refractivity contribution >= 4 is 49.4 Å². The molecule has 0 saturated carbocycles. The van der Waals surface area contributed by atoms with E-state index in [0.29, 0.717) is 17.2 Å². The van der Waals surface area contributed by atoms with Crippen molar-refractivity contribution in [1.29, 1.82) is 0 Å². The molecule has 0 fully saturated rings. The zero-order valence-corrected chi connectivity index (χ0v) is 16.2. The molecule has 3 aromatic rings. The van der Waals surface area contributed by atoms with Gasteiger partial charge >= 0.3 is 0 Å². The summed E-state index contributed by atoms with van der Waals surface area (Å²) in [4.78, 5) is 0.768. The average molecular weight is 406 g/mol. The van der Waals surface area contributed by atoms with Crippen molar-refractivity contribution in [2.75, 3.05) is 11.8 Å². The minimum atomic E-state index is -2.61. The third kappa shape index (κ3) is 3.07. The molecule has 1 unspecified atom stereocenters. The lowest BCUT2D eigenvalue weighted by atomic mass is 10.1. The van der Waals surface area contributed by atoms with Gasteiger partial charge in [-0.1, -0.05) is 48.5 Å². The van der Waals surface area contributed by atoms with Crippen LogP contribution in [0, 0.1) is 0 Å². The second-order valence-corrected chi connectivity index (χ2v) is 8.97. The van der Waals surface area contributed by atoms with Gasteiger partial charge in [0.15, 0.2) is 0 Å². The highest BCUT2D eigenvalue weighted by molar-refractivity contribution is 7.93. The highest BCUT2D eigenvalue weighted by atomic mass is 35.5. The van der Waals surface area contributed by atoms with Gasteiger partial charge in [0.25, 0.3) is 0 Å². The Balaban J connectivity index is 1.84. The maximum atomic E-state index is 13.8. The fraction of sp³-hybridized carbons (Fsp3) is 0.200. The van der Waals surface area contributed by atoms with Crippen LogP contribution in [0.5, 0.6) is 5.75 Å². The third-order valence-corrected chi connectivity index (χ3v) is 7.32. The number of benzene rings is 3. The summed E-state index contributed by atoms with van der Waals surface area (Å²) >= 11 is 11.8. The Hall–Kier alpha value is -1.75. The van der Waals surface area contributed by atoms with Crippen molar-refractivity contribution in [3.05, 3.63) is 66.2 Å². The zero-order chi connectivity index (χ0) is 18.1. The molecule has 0 aromatic heterocycles. The predicted molar refractivity (Wildman–Crippen MR) is 108 cm³/mol. The van der Waals surface area contributed by atoms with Crippen molar-refractivity contribution in [2.24, 2.45) is 4.36 Å². The summed E-state index contributed by atoms with van der Waals surface area (Å²) < 4.78 is 24.3. The first-order chi connectivity index (χ1) is 12.6. The Labute approximate surface area is 163 Å². The molecular weight excluding hydrogens is 389 g/mol. The second-order valence-electron chi connectivity index (χ2n) is 6.17. The van der Waals surface area contributed by atoms with E-state index in [2.05, 4.69) is 4.36 Å². The summed E-state index contributed by atoms with van der Waals surface area (Å²) in [5.41, 5.74) is 1.56. The lowest BCUT2D eigenvalue weighted by Crippen LogP contribution is -2.20. The summed E-state index contributed by atoms with van der Waals surface area (Å²) in [6.07, 6.45) is -0.311. The fourth-order valence-electron chi connectivity index (χ4n) is 3.16. The molecule has 134 valence electrons. The predicted octanol–water partition coefficient (Wildman–Crippen LogP) is 5.74. The van der Waals surface area contributed by atoms with Gasteiger partial charge in [-0.3, -0.25) is 0 Å². The molecule has 0 aliphatic carbocycles. The van der Waals surface area contributed by atoms with Gasteiger partial charge in [0.1, 0.15) is 17.5 Å². The van der Waals surface area contributed by atoms with Crippen molar-refractivity contribution in [3.63, 3.8) is 0 Å². The van der Waals surface area contributed by atoms with Gasteiger partial charge in [0, 0.05) is 0 Å². The molecule has 6 heteroatoms. The molecule has 0 spiro atoms. The number of fused-ring (bicyclic) bond motifs is 2. The largest absolute Gasteiger partial charge is 0.486 e. The molecule has 4 rings (SSSR count). The Morgan fingerprint density at radius 1 is 1.00 bits per heavy atom. The molecule has 0 radical (unpaired) electrons. The van der Waals surface area contributed by atoms with Crippen LogP contribution in [0.15, 0.2) is 69.9 Å². The van der Waals surface area contributed by atoms with Crippen molar-refractivity contribution in [3.8, 4) is 5.75 Å². The number of halogens is 2. The first-order valence-corrected chi connectivity index (χ1v) is 11.0. The molecule has 0 amide bonds. The lowest BCUT2D eigenvalue weighted by Gasteiger charge is -2.15. The zero-order valence-electron chi connectivity index (χ0n) is 13.9. The minimum absolute atomic E-state index is 0.284. The number of alkyl halides is 2. The van der Waals surface area contributed by atoms with E-state index in [1.807, 2.05) is 60.7 Å². The first-order valence-electron chi connectivity index (χ1n) is 8.28. The minimum Gasteiger partial charge on any atom is -0.486 e. The van der Waals surface area contributed by atoms with Crippen molar-refractivity contribution in [2.45, 2.75) is 16.8 Å². The van der Waals surface area contributed by atoms with E-state index >= 15 is 0 Å². The molecule has 0 N–H and O–H groups in total. The smallest absolute Gasteiger partial charge is 0.146 e. The van der Waals surface area contributed by atoms with Gasteiger partial charge in [-0.2, -0.15) is 4.36 Å². The molecule has 0 saturated heterocycles. The van der Waals surface area contributed by atoms with Crippen LogP contribution >= 0.6 is 23.2 Å². The highest BCUT2D eigenvalue weighted by Gasteiger charge is 2.27. The quantitative estimate of drug-likeness (QED) is 0.507. The maximum Gasteiger partial charge on any atom is 0.146 e. The Morgan fingerprint density at radius 3 is 2.54 bits per heavy atom. The first kappa shape index (κ1) is 17.7. The molecule has 26 heavy (non-hydrogen) atoms. The monoisotopic (exact) mass is 405 g/mol. The van der Waals surface area contributed by atoms with Gasteiger partial charge in [-0.15, -0.1) is 23.2 Å². The standard InChI is InChI=1S/C20H17Cl2NO2S/c21-11-16(12-22)25-18-9-3-7-15-13-26(24,23-20(15)18)19-10-4-6-14-5-1-2-8-17(14)19/h1-10,16H,11-13H2. The lowest BCUT2D eigenvalue weighted by molar-refractivity contribution is 0.249. The van der Waals surface area contributed by atoms with Crippen molar-refractivity contribution < 1.29 is 8.95 Å². The molecule has 1 aliphatic heterocycles. The maximum absolute atomic E-state index is 13.8. The van der Waals surface area contributed by atoms with E-state index in [-0.39, 0.29) is 17.9 Å². The average Bonchev–Trinajstić information content (AvgIpc) is 3.03. The second kappa shape index (κ2) is 7.10. The van der Waals surface area contributed by atoms with Gasteiger partial charge in [-0.25, -0.2) is 4.21 Å². The Kier molecular flexibility index (Phi) is 4.82. The molecule has 0 bridgehead atoms. The Morgan fingerprint density at radius 2 is 1.73 bits per heavy atom. The SMILES string of the molecule is O=S1(c2cccc3ccccc23)=Nc2c(cccc2OC(CCl)CCl)C1. The van der Waals surface area contributed by atoms with Crippen LogP contribution in [0.2, 0.25) is 0 Å². The summed E-state index contributed by atoms with van der Waals surface area (Å²) in [5, 5.41) is 2.03. The molecule has 1 aliphatic rings.